The summed E-state index contributed by atoms with van der Waals surface area (Å²) in [5.74, 6) is -0.208. The van der Waals surface area contributed by atoms with Crippen LogP contribution < -0.4 is 4.74 Å². The molecule has 1 aromatic carbocycles. The van der Waals surface area contributed by atoms with Crippen molar-refractivity contribution < 1.29 is 22.3 Å². The first kappa shape index (κ1) is 17.8. The second-order valence-electron chi connectivity index (χ2n) is 7.18. The Balaban J connectivity index is 3.34. The van der Waals surface area contributed by atoms with Crippen molar-refractivity contribution in [2.75, 3.05) is 0 Å². The van der Waals surface area contributed by atoms with Gasteiger partial charge in [0.1, 0.15) is 5.75 Å². The molecule has 0 spiro atoms. The summed E-state index contributed by atoms with van der Waals surface area (Å²) in [6, 6.07) is 4.72. The van der Waals surface area contributed by atoms with Crippen molar-refractivity contribution in [2.24, 2.45) is 0 Å². The van der Waals surface area contributed by atoms with Crippen LogP contribution in [-0.2, 0) is 10.8 Å². The van der Waals surface area contributed by atoms with Crippen LogP contribution in [0.1, 0.15) is 52.7 Å². The molecule has 21 heavy (non-hydrogen) atoms. The van der Waals surface area contributed by atoms with Crippen molar-refractivity contribution in [3.63, 3.8) is 0 Å². The second-order valence-corrected chi connectivity index (χ2v) is 7.18. The number of alkyl halides is 4. The van der Waals surface area contributed by atoms with Gasteiger partial charge in [-0.05, 0) is 22.5 Å². The second kappa shape index (κ2) is 5.50. The lowest BCUT2D eigenvalue weighted by Crippen LogP contribution is -2.34. The predicted octanol–water partition coefficient (Wildman–Crippen LogP) is 5.52. The maximum Gasteiger partial charge on any atom is 0.461 e. The SMILES string of the molecule is CC(C)(C)c1ccc(OC(F)(F)C(F)F)c(C(C)(C)C)c1. The lowest BCUT2D eigenvalue weighted by molar-refractivity contribution is -0.253. The van der Waals surface area contributed by atoms with Gasteiger partial charge in [0.15, 0.2) is 0 Å². The van der Waals surface area contributed by atoms with Gasteiger partial charge in [0.2, 0.25) is 0 Å². The summed E-state index contributed by atoms with van der Waals surface area (Å²) in [5.41, 5.74) is 0.730. The molecule has 0 saturated heterocycles. The van der Waals surface area contributed by atoms with E-state index in [-0.39, 0.29) is 11.2 Å². The topological polar surface area (TPSA) is 9.23 Å². The molecule has 0 radical (unpaired) electrons. The van der Waals surface area contributed by atoms with Crippen LogP contribution in [0.4, 0.5) is 17.6 Å². The van der Waals surface area contributed by atoms with Crippen molar-refractivity contribution in [1.82, 2.24) is 0 Å². The van der Waals surface area contributed by atoms with Crippen LogP contribution in [0.15, 0.2) is 18.2 Å². The Hall–Kier alpha value is -1.26. The molecule has 0 aromatic heterocycles. The van der Waals surface area contributed by atoms with E-state index in [9.17, 15) is 17.6 Å². The lowest BCUT2D eigenvalue weighted by Gasteiger charge is -2.28. The van der Waals surface area contributed by atoms with Gasteiger partial charge >= 0.3 is 12.5 Å². The molecule has 0 aliphatic carbocycles. The third-order valence-corrected chi connectivity index (χ3v) is 3.15. The number of hydrogen-bond donors (Lipinski definition) is 0. The molecule has 120 valence electrons. The fraction of sp³-hybridized carbons (Fsp3) is 0.625. The van der Waals surface area contributed by atoms with Crippen molar-refractivity contribution in [3.8, 4) is 5.75 Å². The molecule has 0 fully saturated rings. The molecule has 0 amide bonds. The third kappa shape index (κ3) is 4.35. The molecular formula is C16H22F4O. The van der Waals surface area contributed by atoms with Crippen LogP contribution in [0.3, 0.4) is 0 Å². The van der Waals surface area contributed by atoms with Crippen LogP contribution in [0, 0.1) is 0 Å². The van der Waals surface area contributed by atoms with Gasteiger partial charge in [0, 0.05) is 5.56 Å². The van der Waals surface area contributed by atoms with Crippen LogP contribution in [0.2, 0.25) is 0 Å². The van der Waals surface area contributed by atoms with Crippen LogP contribution >= 0.6 is 0 Å². The zero-order valence-electron chi connectivity index (χ0n) is 13.2. The summed E-state index contributed by atoms with van der Waals surface area (Å²) < 4.78 is 55.3. The molecule has 5 heteroatoms. The standard InChI is InChI=1S/C16H22F4O/c1-14(2,3)10-7-8-12(11(9-10)15(4,5)6)21-16(19,20)13(17)18/h7-9,13H,1-6H3. The van der Waals surface area contributed by atoms with E-state index in [0.29, 0.717) is 5.56 Å². The van der Waals surface area contributed by atoms with E-state index in [4.69, 9.17) is 0 Å². The number of ether oxygens (including phenoxy) is 1. The third-order valence-electron chi connectivity index (χ3n) is 3.15. The van der Waals surface area contributed by atoms with Gasteiger partial charge in [-0.2, -0.15) is 17.6 Å². The van der Waals surface area contributed by atoms with Gasteiger partial charge in [-0.25, -0.2) is 0 Å². The molecule has 1 nitrogen and oxygen atoms in total. The molecule has 1 aromatic rings. The maximum absolute atomic E-state index is 13.2. The molecular weight excluding hydrogens is 284 g/mol. The summed E-state index contributed by atoms with van der Waals surface area (Å²) in [5, 5.41) is 0. The van der Waals surface area contributed by atoms with Gasteiger partial charge < -0.3 is 4.74 Å². The van der Waals surface area contributed by atoms with Crippen molar-refractivity contribution in [3.05, 3.63) is 29.3 Å². The Labute approximate surface area is 123 Å². The van der Waals surface area contributed by atoms with E-state index < -0.39 is 17.9 Å². The molecule has 0 aliphatic heterocycles. The Morgan fingerprint density at radius 3 is 1.81 bits per heavy atom. The average Bonchev–Trinajstić information content (AvgIpc) is 2.25. The van der Waals surface area contributed by atoms with E-state index in [1.807, 2.05) is 41.5 Å². The lowest BCUT2D eigenvalue weighted by atomic mass is 9.80. The maximum atomic E-state index is 13.2. The molecule has 0 N–H and O–H groups in total. The zero-order chi connectivity index (χ0) is 16.6. The minimum atomic E-state index is -4.50. The highest BCUT2D eigenvalue weighted by Gasteiger charge is 2.44. The smallest absolute Gasteiger partial charge is 0.428 e. The van der Waals surface area contributed by atoms with E-state index in [2.05, 4.69) is 4.74 Å². The molecule has 0 unspecified atom stereocenters. The van der Waals surface area contributed by atoms with Gasteiger partial charge in [0.05, 0.1) is 0 Å². The highest BCUT2D eigenvalue weighted by atomic mass is 19.3. The van der Waals surface area contributed by atoms with E-state index in [1.54, 1.807) is 12.1 Å². The molecule has 0 bridgehead atoms. The molecule has 0 aliphatic rings. The number of rotatable bonds is 3. The summed E-state index contributed by atoms with van der Waals surface area (Å²) in [7, 11) is 0. The number of benzene rings is 1. The Kier molecular flexibility index (Phi) is 4.66. The molecule has 0 heterocycles. The predicted molar refractivity (Wildman–Crippen MR) is 75.4 cm³/mol. The summed E-state index contributed by atoms with van der Waals surface area (Å²) in [4.78, 5) is 0. The first-order chi connectivity index (χ1) is 9.25. The van der Waals surface area contributed by atoms with Crippen LogP contribution in [0.25, 0.3) is 0 Å². The Morgan fingerprint density at radius 2 is 1.43 bits per heavy atom. The summed E-state index contributed by atoms with van der Waals surface area (Å²) in [6.45, 7) is 11.4. The molecule has 0 saturated carbocycles. The monoisotopic (exact) mass is 306 g/mol. The normalized spacial score (nSPS) is 13.7. The summed E-state index contributed by atoms with van der Waals surface area (Å²) in [6.07, 6.45) is -8.36. The Bertz CT molecular complexity index is 496. The van der Waals surface area contributed by atoms with Crippen molar-refractivity contribution >= 4 is 0 Å². The fourth-order valence-corrected chi connectivity index (χ4v) is 1.86. The van der Waals surface area contributed by atoms with Crippen molar-refractivity contribution in [2.45, 2.75) is 64.9 Å². The first-order valence-electron chi connectivity index (χ1n) is 6.75. The molecule has 0 atom stereocenters. The Morgan fingerprint density at radius 1 is 0.905 bits per heavy atom. The summed E-state index contributed by atoms with van der Waals surface area (Å²) >= 11 is 0. The largest absolute Gasteiger partial charge is 0.461 e. The van der Waals surface area contributed by atoms with Gasteiger partial charge in [-0.3, -0.25) is 0 Å². The van der Waals surface area contributed by atoms with Crippen molar-refractivity contribution in [1.29, 1.82) is 0 Å². The van der Waals surface area contributed by atoms with E-state index in [0.717, 1.165) is 5.56 Å². The van der Waals surface area contributed by atoms with Gasteiger partial charge in [0.25, 0.3) is 0 Å². The number of hydrogen-bond acceptors (Lipinski definition) is 1. The molecule has 1 rings (SSSR count). The van der Waals surface area contributed by atoms with E-state index in [1.165, 1.54) is 6.07 Å². The van der Waals surface area contributed by atoms with Crippen LogP contribution in [0.5, 0.6) is 5.75 Å². The minimum absolute atomic E-state index is 0.177. The fourth-order valence-electron chi connectivity index (χ4n) is 1.86. The minimum Gasteiger partial charge on any atom is -0.428 e. The van der Waals surface area contributed by atoms with E-state index >= 15 is 0 Å². The first-order valence-corrected chi connectivity index (χ1v) is 6.75. The highest BCUT2D eigenvalue weighted by Crippen LogP contribution is 2.38. The quantitative estimate of drug-likeness (QED) is 0.668. The average molecular weight is 306 g/mol. The van der Waals surface area contributed by atoms with Gasteiger partial charge in [-0.15, -0.1) is 0 Å². The van der Waals surface area contributed by atoms with Gasteiger partial charge in [-0.1, -0.05) is 53.7 Å². The zero-order valence-corrected chi connectivity index (χ0v) is 13.2. The van der Waals surface area contributed by atoms with Crippen LogP contribution in [-0.4, -0.2) is 12.5 Å². The highest BCUT2D eigenvalue weighted by molar-refractivity contribution is 5.43. The number of halogens is 4.